The van der Waals surface area contributed by atoms with Crippen molar-refractivity contribution in [3.05, 3.63) is 48.2 Å². The lowest BCUT2D eigenvalue weighted by Crippen LogP contribution is -2.16. The normalized spacial score (nSPS) is 10.6. The highest BCUT2D eigenvalue weighted by molar-refractivity contribution is 7.99. The number of amides is 1. The maximum Gasteiger partial charge on any atom is 0.234 e. The molecule has 128 valence electrons. The monoisotopic (exact) mass is 356 g/mol. The minimum absolute atomic E-state index is 0.0973. The fraction of sp³-hybridized carbons (Fsp3) is 0.176. The molecule has 8 heteroatoms. The largest absolute Gasteiger partial charge is 0.461 e. The van der Waals surface area contributed by atoms with Gasteiger partial charge in [0.05, 0.1) is 17.7 Å². The summed E-state index contributed by atoms with van der Waals surface area (Å²) in [6, 6.07) is 10.5. The zero-order valence-electron chi connectivity index (χ0n) is 13.7. The number of ketones is 1. The smallest absolute Gasteiger partial charge is 0.234 e. The molecule has 1 amide bonds. The van der Waals surface area contributed by atoms with E-state index in [1.807, 2.05) is 7.05 Å². The SMILES string of the molecule is CC(=O)c1ccccc1NC(=O)CSc1nnc(-c2ccco2)n1C. The average Bonchev–Trinajstić information content (AvgIpc) is 3.23. The van der Waals surface area contributed by atoms with Crippen LogP contribution in [0.3, 0.4) is 0 Å². The second-order valence-corrected chi connectivity index (χ2v) is 6.22. The molecule has 0 spiro atoms. The Hall–Kier alpha value is -2.87. The summed E-state index contributed by atoms with van der Waals surface area (Å²) in [6.07, 6.45) is 1.57. The van der Waals surface area contributed by atoms with E-state index in [0.29, 0.717) is 28.0 Å². The van der Waals surface area contributed by atoms with Gasteiger partial charge in [-0.05, 0) is 31.2 Å². The highest BCUT2D eigenvalue weighted by Crippen LogP contribution is 2.23. The van der Waals surface area contributed by atoms with Crippen molar-refractivity contribution >= 4 is 29.1 Å². The van der Waals surface area contributed by atoms with E-state index in [4.69, 9.17) is 4.42 Å². The van der Waals surface area contributed by atoms with Gasteiger partial charge in [0, 0.05) is 12.6 Å². The van der Waals surface area contributed by atoms with Crippen molar-refractivity contribution in [1.29, 1.82) is 0 Å². The lowest BCUT2D eigenvalue weighted by Gasteiger charge is -2.08. The van der Waals surface area contributed by atoms with Crippen molar-refractivity contribution in [1.82, 2.24) is 14.8 Å². The van der Waals surface area contributed by atoms with Gasteiger partial charge in [-0.25, -0.2) is 0 Å². The van der Waals surface area contributed by atoms with Gasteiger partial charge in [-0.3, -0.25) is 9.59 Å². The lowest BCUT2D eigenvalue weighted by molar-refractivity contribution is -0.113. The number of hydrogen-bond acceptors (Lipinski definition) is 6. The average molecular weight is 356 g/mol. The molecular formula is C17H16N4O3S. The second kappa shape index (κ2) is 7.35. The third-order valence-electron chi connectivity index (χ3n) is 3.49. The van der Waals surface area contributed by atoms with E-state index in [0.717, 1.165) is 0 Å². The molecule has 2 heterocycles. The number of rotatable bonds is 6. The number of carbonyl (C=O) groups is 2. The molecule has 0 aliphatic rings. The van der Waals surface area contributed by atoms with Crippen LogP contribution in [0.4, 0.5) is 5.69 Å². The van der Waals surface area contributed by atoms with Crippen molar-refractivity contribution < 1.29 is 14.0 Å². The number of anilines is 1. The number of furan rings is 1. The number of aromatic nitrogens is 3. The van der Waals surface area contributed by atoms with E-state index >= 15 is 0 Å². The van der Waals surface area contributed by atoms with E-state index in [1.165, 1.54) is 18.7 Å². The van der Waals surface area contributed by atoms with Gasteiger partial charge in [0.1, 0.15) is 0 Å². The summed E-state index contributed by atoms with van der Waals surface area (Å²) >= 11 is 1.26. The summed E-state index contributed by atoms with van der Waals surface area (Å²) in [6.45, 7) is 1.47. The Morgan fingerprint density at radius 1 is 1.20 bits per heavy atom. The Kier molecular flexibility index (Phi) is 4.99. The molecule has 0 saturated heterocycles. The first kappa shape index (κ1) is 17.0. The van der Waals surface area contributed by atoms with Crippen LogP contribution in [0.1, 0.15) is 17.3 Å². The molecule has 0 atom stereocenters. The number of carbonyl (C=O) groups excluding carboxylic acids is 2. The van der Waals surface area contributed by atoms with Crippen LogP contribution in [0.5, 0.6) is 0 Å². The van der Waals surface area contributed by atoms with E-state index in [1.54, 1.807) is 47.2 Å². The van der Waals surface area contributed by atoms with E-state index in [9.17, 15) is 9.59 Å². The fourth-order valence-electron chi connectivity index (χ4n) is 2.28. The Morgan fingerprint density at radius 3 is 2.72 bits per heavy atom. The van der Waals surface area contributed by atoms with Crippen molar-refractivity contribution in [2.45, 2.75) is 12.1 Å². The quantitative estimate of drug-likeness (QED) is 0.539. The van der Waals surface area contributed by atoms with Gasteiger partial charge in [-0.2, -0.15) is 0 Å². The number of para-hydroxylation sites is 1. The number of thioether (sulfide) groups is 1. The number of nitrogens with one attached hydrogen (secondary N) is 1. The van der Waals surface area contributed by atoms with Crippen molar-refractivity contribution in [2.75, 3.05) is 11.1 Å². The Balaban J connectivity index is 1.65. The molecule has 7 nitrogen and oxygen atoms in total. The molecule has 25 heavy (non-hydrogen) atoms. The molecule has 2 aromatic heterocycles. The van der Waals surface area contributed by atoms with Crippen LogP contribution in [0.2, 0.25) is 0 Å². The van der Waals surface area contributed by atoms with Crippen LogP contribution >= 0.6 is 11.8 Å². The third-order valence-corrected chi connectivity index (χ3v) is 4.51. The first-order chi connectivity index (χ1) is 12.1. The Bertz CT molecular complexity index is 903. The molecule has 1 N–H and O–H groups in total. The minimum atomic E-state index is -0.221. The summed E-state index contributed by atoms with van der Waals surface area (Å²) < 4.78 is 7.07. The minimum Gasteiger partial charge on any atom is -0.461 e. The summed E-state index contributed by atoms with van der Waals surface area (Å²) in [5.41, 5.74) is 0.995. The predicted octanol–water partition coefficient (Wildman–Crippen LogP) is 3.01. The first-order valence-electron chi connectivity index (χ1n) is 7.52. The van der Waals surface area contributed by atoms with Crippen LogP contribution < -0.4 is 5.32 Å². The van der Waals surface area contributed by atoms with E-state index in [2.05, 4.69) is 15.5 Å². The van der Waals surface area contributed by atoms with Crippen LogP contribution in [0.15, 0.2) is 52.2 Å². The molecule has 3 rings (SSSR count). The summed E-state index contributed by atoms with van der Waals surface area (Å²) in [5, 5.41) is 11.5. The maximum absolute atomic E-state index is 12.2. The number of Topliss-reactive ketones (excluding diaryl/α,β-unsaturated/α-hetero) is 1. The number of hydrogen-bond donors (Lipinski definition) is 1. The Morgan fingerprint density at radius 2 is 2.00 bits per heavy atom. The molecule has 1 aromatic carbocycles. The van der Waals surface area contributed by atoms with E-state index in [-0.39, 0.29) is 17.4 Å². The molecule has 0 fully saturated rings. The highest BCUT2D eigenvalue weighted by Gasteiger charge is 2.15. The third kappa shape index (κ3) is 3.80. The molecule has 0 unspecified atom stereocenters. The van der Waals surface area contributed by atoms with Gasteiger partial charge >= 0.3 is 0 Å². The molecular weight excluding hydrogens is 340 g/mol. The zero-order valence-corrected chi connectivity index (χ0v) is 14.5. The summed E-state index contributed by atoms with van der Waals surface area (Å²) in [5.74, 6) is 1.04. The molecule has 0 radical (unpaired) electrons. The predicted molar refractivity (Wildman–Crippen MR) is 94.5 cm³/mol. The van der Waals surface area contributed by atoms with E-state index < -0.39 is 0 Å². The van der Waals surface area contributed by atoms with Crippen LogP contribution in [0.25, 0.3) is 11.6 Å². The van der Waals surface area contributed by atoms with Crippen LogP contribution in [0, 0.1) is 0 Å². The molecule has 3 aromatic rings. The number of benzene rings is 1. The van der Waals surface area contributed by atoms with Crippen LogP contribution in [-0.4, -0.2) is 32.2 Å². The molecule has 0 aliphatic carbocycles. The van der Waals surface area contributed by atoms with Gasteiger partial charge in [0.2, 0.25) is 5.91 Å². The first-order valence-corrected chi connectivity index (χ1v) is 8.50. The van der Waals surface area contributed by atoms with Crippen molar-refractivity contribution in [3.63, 3.8) is 0 Å². The molecule has 0 bridgehead atoms. The lowest BCUT2D eigenvalue weighted by atomic mass is 10.1. The van der Waals surface area contributed by atoms with Gasteiger partial charge in [0.25, 0.3) is 0 Å². The second-order valence-electron chi connectivity index (χ2n) is 5.28. The van der Waals surface area contributed by atoms with Gasteiger partial charge in [-0.15, -0.1) is 10.2 Å². The van der Waals surface area contributed by atoms with Crippen LogP contribution in [-0.2, 0) is 11.8 Å². The topological polar surface area (TPSA) is 90.0 Å². The summed E-state index contributed by atoms with van der Waals surface area (Å²) in [4.78, 5) is 23.8. The maximum atomic E-state index is 12.2. The van der Waals surface area contributed by atoms with Crippen molar-refractivity contribution in [2.24, 2.45) is 7.05 Å². The number of nitrogens with zero attached hydrogens (tertiary/aromatic N) is 3. The highest BCUT2D eigenvalue weighted by atomic mass is 32.2. The Labute approximate surface area is 148 Å². The van der Waals surface area contributed by atoms with Crippen molar-refractivity contribution in [3.8, 4) is 11.6 Å². The molecule has 0 aliphatic heterocycles. The van der Waals surface area contributed by atoms with Gasteiger partial charge in [0.15, 0.2) is 22.5 Å². The fourth-order valence-corrected chi connectivity index (χ4v) is 2.99. The van der Waals surface area contributed by atoms with Gasteiger partial charge in [-0.1, -0.05) is 23.9 Å². The van der Waals surface area contributed by atoms with Gasteiger partial charge < -0.3 is 14.3 Å². The zero-order chi connectivity index (χ0) is 17.8. The summed E-state index contributed by atoms with van der Waals surface area (Å²) in [7, 11) is 1.81. The molecule has 0 saturated carbocycles. The standard InChI is InChI=1S/C17H16N4O3S/c1-11(22)12-6-3-4-7-13(12)18-15(23)10-25-17-20-19-16(21(17)2)14-8-5-9-24-14/h3-9H,10H2,1-2H3,(H,18,23).